The van der Waals surface area contributed by atoms with Crippen LogP contribution in [0.5, 0.6) is 0 Å². The van der Waals surface area contributed by atoms with Gasteiger partial charge in [0.1, 0.15) is 0 Å². The number of thiocarbonyl (C=S) groups is 1. The fraction of sp³-hybridized carbons (Fsp3) is 0.750. The summed E-state index contributed by atoms with van der Waals surface area (Å²) in [5.41, 5.74) is 0. The molecule has 13 heavy (non-hydrogen) atoms. The maximum absolute atomic E-state index is 10.1. The molecule has 0 bridgehead atoms. The van der Waals surface area contributed by atoms with E-state index in [4.69, 9.17) is 22.1 Å². The number of ether oxygens (including phenoxy) is 1. The Balaban J connectivity index is 3.25. The van der Waals surface area contributed by atoms with E-state index in [-0.39, 0.29) is 5.75 Å². The molecule has 3 nitrogen and oxygen atoms in total. The molecule has 1 N–H and O–H groups in total. The fourth-order valence-corrected chi connectivity index (χ4v) is 1.34. The fourth-order valence-electron chi connectivity index (χ4n) is 0.670. The van der Waals surface area contributed by atoms with Gasteiger partial charge < -0.3 is 9.84 Å². The van der Waals surface area contributed by atoms with Gasteiger partial charge >= 0.3 is 5.97 Å². The van der Waals surface area contributed by atoms with Crippen molar-refractivity contribution in [2.45, 2.75) is 26.2 Å². The minimum absolute atomic E-state index is 0.0212. The minimum atomic E-state index is -0.871. The third-order valence-corrected chi connectivity index (χ3v) is 2.50. The minimum Gasteiger partial charge on any atom is -0.481 e. The second kappa shape index (κ2) is 8.31. The topological polar surface area (TPSA) is 46.5 Å². The van der Waals surface area contributed by atoms with Gasteiger partial charge in [0.05, 0.1) is 12.4 Å². The first-order valence-electron chi connectivity index (χ1n) is 4.18. The van der Waals surface area contributed by atoms with E-state index in [2.05, 4.69) is 6.92 Å². The molecule has 0 aromatic rings. The van der Waals surface area contributed by atoms with Crippen LogP contribution in [0.2, 0.25) is 0 Å². The van der Waals surface area contributed by atoms with Gasteiger partial charge in [0.15, 0.2) is 0 Å². The number of unbranched alkanes of at least 4 members (excludes halogenated alkanes) is 2. The van der Waals surface area contributed by atoms with Crippen LogP contribution in [0.3, 0.4) is 0 Å². The van der Waals surface area contributed by atoms with Gasteiger partial charge in [-0.3, -0.25) is 4.79 Å². The van der Waals surface area contributed by atoms with Gasteiger partial charge in [-0.1, -0.05) is 31.5 Å². The Morgan fingerprint density at radius 2 is 2.23 bits per heavy atom. The third kappa shape index (κ3) is 9.63. The molecule has 0 aromatic carbocycles. The van der Waals surface area contributed by atoms with Crippen molar-refractivity contribution in [1.29, 1.82) is 0 Å². The highest BCUT2D eigenvalue weighted by molar-refractivity contribution is 8.22. The first kappa shape index (κ1) is 12.7. The summed E-state index contributed by atoms with van der Waals surface area (Å²) in [4.78, 5) is 10.1. The summed E-state index contributed by atoms with van der Waals surface area (Å²) < 4.78 is 5.46. The maximum Gasteiger partial charge on any atom is 0.313 e. The van der Waals surface area contributed by atoms with E-state index in [0.29, 0.717) is 11.0 Å². The maximum atomic E-state index is 10.1. The molecule has 0 rings (SSSR count). The third-order valence-electron chi connectivity index (χ3n) is 1.28. The highest BCUT2D eigenvalue weighted by atomic mass is 32.2. The predicted octanol–water partition coefficient (Wildman–Crippen LogP) is 2.30. The second-order valence-electron chi connectivity index (χ2n) is 2.49. The largest absolute Gasteiger partial charge is 0.481 e. The Morgan fingerprint density at radius 1 is 1.54 bits per heavy atom. The molecule has 0 aliphatic carbocycles. The normalized spacial score (nSPS) is 9.62. The van der Waals surface area contributed by atoms with Gasteiger partial charge in [0.2, 0.25) is 4.38 Å². The van der Waals surface area contributed by atoms with E-state index in [0.717, 1.165) is 31.0 Å². The van der Waals surface area contributed by atoms with Gasteiger partial charge in [-0.2, -0.15) is 0 Å². The Labute approximate surface area is 87.8 Å². The Morgan fingerprint density at radius 3 is 2.77 bits per heavy atom. The van der Waals surface area contributed by atoms with Crippen LogP contribution in [0, 0.1) is 0 Å². The first-order valence-corrected chi connectivity index (χ1v) is 5.57. The van der Waals surface area contributed by atoms with Gasteiger partial charge in [-0.05, 0) is 18.6 Å². The van der Waals surface area contributed by atoms with Crippen LogP contribution in [0.25, 0.3) is 0 Å². The van der Waals surface area contributed by atoms with Crippen LogP contribution in [0.4, 0.5) is 0 Å². The molecule has 0 spiro atoms. The lowest BCUT2D eigenvalue weighted by molar-refractivity contribution is -0.133. The molecule has 0 aromatic heterocycles. The zero-order valence-corrected chi connectivity index (χ0v) is 9.25. The van der Waals surface area contributed by atoms with E-state index in [1.54, 1.807) is 0 Å². The summed E-state index contributed by atoms with van der Waals surface area (Å²) >= 11 is 5.85. The summed E-state index contributed by atoms with van der Waals surface area (Å²) in [6, 6.07) is 0. The van der Waals surface area contributed by atoms with Crippen LogP contribution in [0.1, 0.15) is 26.2 Å². The molecule has 0 radical (unpaired) electrons. The molecular weight excluding hydrogens is 208 g/mol. The van der Waals surface area contributed by atoms with Gasteiger partial charge in [0, 0.05) is 0 Å². The lowest BCUT2D eigenvalue weighted by Gasteiger charge is -2.04. The van der Waals surface area contributed by atoms with Crippen LogP contribution in [0.15, 0.2) is 0 Å². The van der Waals surface area contributed by atoms with Crippen molar-refractivity contribution in [3.63, 3.8) is 0 Å². The number of aliphatic carboxylic acids is 1. The van der Waals surface area contributed by atoms with E-state index < -0.39 is 5.97 Å². The van der Waals surface area contributed by atoms with Crippen LogP contribution < -0.4 is 0 Å². The van der Waals surface area contributed by atoms with Crippen molar-refractivity contribution in [2.24, 2.45) is 0 Å². The van der Waals surface area contributed by atoms with Crippen LogP contribution in [-0.4, -0.2) is 27.8 Å². The zero-order chi connectivity index (χ0) is 10.1. The lowest BCUT2D eigenvalue weighted by Crippen LogP contribution is -2.05. The molecule has 0 atom stereocenters. The van der Waals surface area contributed by atoms with E-state index >= 15 is 0 Å². The first-order chi connectivity index (χ1) is 6.16. The molecule has 0 saturated carbocycles. The average Bonchev–Trinajstić information content (AvgIpc) is 2.09. The molecule has 0 aliphatic heterocycles. The van der Waals surface area contributed by atoms with E-state index in [1.165, 1.54) is 0 Å². The standard InChI is InChI=1S/C8H14O3S2/c1-2-3-4-5-11-8(12)13-6-7(9)10/h2-6H2,1H3,(H,9,10). The van der Waals surface area contributed by atoms with E-state index in [9.17, 15) is 4.79 Å². The monoisotopic (exact) mass is 222 g/mol. The second-order valence-corrected chi connectivity index (χ2v) is 4.07. The molecular formula is C8H14O3S2. The highest BCUT2D eigenvalue weighted by Crippen LogP contribution is 2.06. The quantitative estimate of drug-likeness (QED) is 0.552. The lowest BCUT2D eigenvalue weighted by atomic mass is 10.3. The van der Waals surface area contributed by atoms with Gasteiger partial charge in [0.25, 0.3) is 0 Å². The van der Waals surface area contributed by atoms with Gasteiger partial charge in [-0.15, -0.1) is 0 Å². The molecule has 0 heterocycles. The van der Waals surface area contributed by atoms with Crippen molar-refractivity contribution in [1.82, 2.24) is 0 Å². The smallest absolute Gasteiger partial charge is 0.313 e. The molecule has 0 unspecified atom stereocenters. The SMILES string of the molecule is CCCCCOC(=S)SCC(=O)O. The number of carboxylic acids is 1. The Hall–Kier alpha value is -0.290. The van der Waals surface area contributed by atoms with Crippen molar-refractivity contribution in [3.05, 3.63) is 0 Å². The summed E-state index contributed by atoms with van der Waals surface area (Å²) in [5, 5.41) is 8.34. The van der Waals surface area contributed by atoms with Crippen LogP contribution in [-0.2, 0) is 9.53 Å². The van der Waals surface area contributed by atoms with Crippen molar-refractivity contribution in [2.75, 3.05) is 12.4 Å². The van der Waals surface area contributed by atoms with Crippen molar-refractivity contribution in [3.8, 4) is 0 Å². The summed E-state index contributed by atoms with van der Waals surface area (Å²) in [6.07, 6.45) is 3.23. The molecule has 0 amide bonds. The number of hydrogen-bond acceptors (Lipinski definition) is 4. The predicted molar refractivity (Wildman–Crippen MR) is 58.2 cm³/mol. The molecule has 0 fully saturated rings. The highest BCUT2D eigenvalue weighted by Gasteiger charge is 2.02. The van der Waals surface area contributed by atoms with Gasteiger partial charge in [-0.25, -0.2) is 0 Å². The summed E-state index contributed by atoms with van der Waals surface area (Å²) in [7, 11) is 0. The number of hydrogen-bond donors (Lipinski definition) is 1. The summed E-state index contributed by atoms with van der Waals surface area (Å²) in [5.74, 6) is -0.892. The van der Waals surface area contributed by atoms with Crippen LogP contribution >= 0.6 is 24.0 Å². The summed E-state index contributed by atoms with van der Waals surface area (Å²) in [6.45, 7) is 2.71. The van der Waals surface area contributed by atoms with Crippen molar-refractivity contribution >= 4 is 34.3 Å². The van der Waals surface area contributed by atoms with Crippen molar-refractivity contribution < 1.29 is 14.6 Å². The number of rotatable bonds is 6. The number of carbonyl (C=O) groups is 1. The molecule has 76 valence electrons. The number of thioether (sulfide) groups is 1. The van der Waals surface area contributed by atoms with E-state index in [1.807, 2.05) is 0 Å². The average molecular weight is 222 g/mol. The molecule has 5 heteroatoms. The zero-order valence-electron chi connectivity index (χ0n) is 7.62. The Bertz CT molecular complexity index is 171. The molecule has 0 aliphatic rings. The Kier molecular flexibility index (Phi) is 8.13. The number of carboxylic acid groups (broad SMARTS) is 1. The molecule has 0 saturated heterocycles.